The Hall–Kier alpha value is -0.630. The van der Waals surface area contributed by atoms with Crippen molar-refractivity contribution in [3.8, 4) is 0 Å². The molecule has 0 saturated carbocycles. The Morgan fingerprint density at radius 3 is 3.10 bits per heavy atom. The van der Waals surface area contributed by atoms with Crippen molar-refractivity contribution >= 4 is 6.29 Å². The molecule has 1 rings (SSSR count). The lowest BCUT2D eigenvalue weighted by atomic mass is 10.2. The topological polar surface area (TPSA) is 26.3 Å². The van der Waals surface area contributed by atoms with Crippen LogP contribution in [-0.4, -0.2) is 19.0 Å². The van der Waals surface area contributed by atoms with Crippen LogP contribution in [-0.2, 0) is 9.53 Å². The SMILES string of the molecule is O=C/C=C\CC1CCCO1. The Morgan fingerprint density at radius 1 is 1.60 bits per heavy atom. The first-order chi connectivity index (χ1) is 4.93. The largest absolute Gasteiger partial charge is 0.378 e. The predicted octanol–water partition coefficient (Wildman–Crippen LogP) is 1.31. The van der Waals surface area contributed by atoms with Crippen molar-refractivity contribution in [2.24, 2.45) is 0 Å². The van der Waals surface area contributed by atoms with Crippen molar-refractivity contribution < 1.29 is 9.53 Å². The van der Waals surface area contributed by atoms with E-state index in [-0.39, 0.29) is 0 Å². The molecule has 0 bridgehead atoms. The van der Waals surface area contributed by atoms with Crippen LogP contribution in [0.15, 0.2) is 12.2 Å². The summed E-state index contributed by atoms with van der Waals surface area (Å²) < 4.78 is 5.33. The summed E-state index contributed by atoms with van der Waals surface area (Å²) in [5.41, 5.74) is 0. The maximum atomic E-state index is 9.85. The fraction of sp³-hybridized carbons (Fsp3) is 0.625. The van der Waals surface area contributed by atoms with Gasteiger partial charge in [-0.3, -0.25) is 4.79 Å². The second-order valence-electron chi connectivity index (χ2n) is 2.43. The Balaban J connectivity index is 2.12. The molecule has 1 atom stereocenters. The number of carbonyl (C=O) groups excluding carboxylic acids is 1. The third-order valence-corrected chi connectivity index (χ3v) is 1.64. The van der Waals surface area contributed by atoms with Crippen LogP contribution < -0.4 is 0 Å². The van der Waals surface area contributed by atoms with Gasteiger partial charge in [0.05, 0.1) is 6.10 Å². The first kappa shape index (κ1) is 7.48. The second kappa shape index (κ2) is 4.23. The van der Waals surface area contributed by atoms with E-state index in [1.54, 1.807) is 0 Å². The van der Waals surface area contributed by atoms with Gasteiger partial charge in [0.25, 0.3) is 0 Å². The van der Waals surface area contributed by atoms with Crippen LogP contribution in [0.25, 0.3) is 0 Å². The van der Waals surface area contributed by atoms with Crippen LogP contribution in [0.5, 0.6) is 0 Å². The first-order valence-corrected chi connectivity index (χ1v) is 3.65. The van der Waals surface area contributed by atoms with Crippen LogP contribution in [0, 0.1) is 0 Å². The molecular weight excluding hydrogens is 128 g/mol. The smallest absolute Gasteiger partial charge is 0.142 e. The molecule has 0 N–H and O–H groups in total. The average Bonchev–Trinajstić information content (AvgIpc) is 2.41. The number of hydrogen-bond acceptors (Lipinski definition) is 2. The van der Waals surface area contributed by atoms with E-state index >= 15 is 0 Å². The van der Waals surface area contributed by atoms with Crippen molar-refractivity contribution in [1.82, 2.24) is 0 Å². The number of aldehydes is 1. The highest BCUT2D eigenvalue weighted by Crippen LogP contribution is 2.14. The van der Waals surface area contributed by atoms with Gasteiger partial charge in [-0.2, -0.15) is 0 Å². The summed E-state index contributed by atoms with van der Waals surface area (Å²) in [7, 11) is 0. The molecule has 0 aromatic carbocycles. The van der Waals surface area contributed by atoms with E-state index in [0.717, 1.165) is 25.7 Å². The van der Waals surface area contributed by atoms with Crippen LogP contribution >= 0.6 is 0 Å². The maximum Gasteiger partial charge on any atom is 0.142 e. The zero-order valence-corrected chi connectivity index (χ0v) is 5.95. The summed E-state index contributed by atoms with van der Waals surface area (Å²) in [5, 5.41) is 0. The van der Waals surface area contributed by atoms with E-state index < -0.39 is 0 Å². The predicted molar refractivity (Wildman–Crippen MR) is 38.8 cm³/mol. The van der Waals surface area contributed by atoms with Crippen LogP contribution in [0.3, 0.4) is 0 Å². The Labute approximate surface area is 60.9 Å². The van der Waals surface area contributed by atoms with Gasteiger partial charge >= 0.3 is 0 Å². The van der Waals surface area contributed by atoms with Gasteiger partial charge in [0, 0.05) is 6.61 Å². The van der Waals surface area contributed by atoms with Crippen molar-refractivity contribution in [1.29, 1.82) is 0 Å². The van der Waals surface area contributed by atoms with E-state index in [1.807, 2.05) is 6.08 Å². The van der Waals surface area contributed by atoms with Crippen molar-refractivity contribution in [3.63, 3.8) is 0 Å². The molecule has 2 heteroatoms. The molecule has 10 heavy (non-hydrogen) atoms. The quantitative estimate of drug-likeness (QED) is 0.436. The number of allylic oxidation sites excluding steroid dienone is 1. The van der Waals surface area contributed by atoms with Gasteiger partial charge in [0.1, 0.15) is 6.29 Å². The lowest BCUT2D eigenvalue weighted by molar-refractivity contribution is -0.104. The van der Waals surface area contributed by atoms with Gasteiger partial charge in [0.2, 0.25) is 0 Å². The van der Waals surface area contributed by atoms with E-state index in [0.29, 0.717) is 6.10 Å². The second-order valence-corrected chi connectivity index (χ2v) is 2.43. The molecule has 0 aliphatic carbocycles. The standard InChI is InChI=1S/C8H12O2/c9-6-2-1-4-8-5-3-7-10-8/h1-2,6,8H,3-5,7H2/b2-1-. The molecule has 0 spiro atoms. The molecule has 1 aliphatic rings. The van der Waals surface area contributed by atoms with E-state index in [4.69, 9.17) is 4.74 Å². The van der Waals surface area contributed by atoms with E-state index in [9.17, 15) is 4.79 Å². The van der Waals surface area contributed by atoms with Gasteiger partial charge in [-0.1, -0.05) is 6.08 Å². The Kier molecular flexibility index (Phi) is 3.16. The van der Waals surface area contributed by atoms with Gasteiger partial charge in [-0.25, -0.2) is 0 Å². The van der Waals surface area contributed by atoms with Crippen LogP contribution in [0.2, 0.25) is 0 Å². The summed E-state index contributed by atoms with van der Waals surface area (Å²) >= 11 is 0. The minimum atomic E-state index is 0.371. The highest BCUT2D eigenvalue weighted by molar-refractivity contribution is 5.64. The maximum absolute atomic E-state index is 9.85. The van der Waals surface area contributed by atoms with Gasteiger partial charge < -0.3 is 4.74 Å². The molecule has 0 aromatic rings. The molecule has 1 aliphatic heterocycles. The molecule has 1 unspecified atom stereocenters. The highest BCUT2D eigenvalue weighted by atomic mass is 16.5. The summed E-state index contributed by atoms with van der Waals surface area (Å²) in [6.45, 7) is 0.888. The number of carbonyl (C=O) groups is 1. The zero-order chi connectivity index (χ0) is 7.23. The minimum Gasteiger partial charge on any atom is -0.378 e. The summed E-state index contributed by atoms with van der Waals surface area (Å²) in [5.74, 6) is 0. The highest BCUT2D eigenvalue weighted by Gasteiger charge is 2.12. The Morgan fingerprint density at radius 2 is 2.50 bits per heavy atom. The molecule has 0 radical (unpaired) electrons. The molecule has 1 saturated heterocycles. The summed E-state index contributed by atoms with van der Waals surface area (Å²) in [6.07, 6.45) is 7.76. The molecule has 2 nitrogen and oxygen atoms in total. The first-order valence-electron chi connectivity index (χ1n) is 3.65. The Bertz CT molecular complexity index is 123. The molecule has 56 valence electrons. The number of rotatable bonds is 3. The fourth-order valence-electron chi connectivity index (χ4n) is 1.12. The lowest BCUT2D eigenvalue weighted by Gasteiger charge is -2.02. The van der Waals surface area contributed by atoms with Crippen LogP contribution in [0.4, 0.5) is 0 Å². The monoisotopic (exact) mass is 140 g/mol. The summed E-state index contributed by atoms with van der Waals surface area (Å²) in [6, 6.07) is 0. The third-order valence-electron chi connectivity index (χ3n) is 1.64. The van der Waals surface area contributed by atoms with Crippen molar-refractivity contribution in [2.75, 3.05) is 6.61 Å². The average molecular weight is 140 g/mol. The lowest BCUT2D eigenvalue weighted by Crippen LogP contribution is -2.01. The van der Waals surface area contributed by atoms with E-state index in [1.165, 1.54) is 12.5 Å². The van der Waals surface area contributed by atoms with Crippen molar-refractivity contribution in [2.45, 2.75) is 25.4 Å². The molecule has 1 heterocycles. The minimum absolute atomic E-state index is 0.371. The summed E-state index contributed by atoms with van der Waals surface area (Å²) in [4.78, 5) is 9.85. The van der Waals surface area contributed by atoms with E-state index in [2.05, 4.69) is 0 Å². The number of hydrogen-bond donors (Lipinski definition) is 0. The molecular formula is C8H12O2. The molecule has 1 fully saturated rings. The van der Waals surface area contributed by atoms with Crippen molar-refractivity contribution in [3.05, 3.63) is 12.2 Å². The zero-order valence-electron chi connectivity index (χ0n) is 5.95. The van der Waals surface area contributed by atoms with Crippen LogP contribution in [0.1, 0.15) is 19.3 Å². The van der Waals surface area contributed by atoms with Gasteiger partial charge in [-0.05, 0) is 25.3 Å². The third kappa shape index (κ3) is 2.31. The molecule has 0 amide bonds. The normalized spacial score (nSPS) is 25.8. The number of ether oxygens (including phenoxy) is 1. The van der Waals surface area contributed by atoms with Gasteiger partial charge in [0.15, 0.2) is 0 Å². The van der Waals surface area contributed by atoms with Gasteiger partial charge in [-0.15, -0.1) is 0 Å². The fourth-order valence-corrected chi connectivity index (χ4v) is 1.12. The molecule has 0 aromatic heterocycles.